The average Bonchev–Trinajstić information content (AvgIpc) is 2.53. The van der Waals surface area contributed by atoms with Gasteiger partial charge in [-0.3, -0.25) is 4.79 Å². The van der Waals surface area contributed by atoms with Crippen LogP contribution in [0.5, 0.6) is 5.75 Å². The maximum Gasteiger partial charge on any atom is 0.334 e. The predicted molar refractivity (Wildman–Crippen MR) is 80.1 cm³/mol. The number of hydrogen-bond donors (Lipinski definition) is 1. The first kappa shape index (κ1) is 16.6. The summed E-state index contributed by atoms with van der Waals surface area (Å²) in [5.74, 6) is -0.887. The summed E-state index contributed by atoms with van der Waals surface area (Å²) in [5, 5.41) is 9.42. The van der Waals surface area contributed by atoms with E-state index in [4.69, 9.17) is 26.2 Å². The smallest absolute Gasteiger partial charge is 0.334 e. The van der Waals surface area contributed by atoms with Gasteiger partial charge in [-0.25, -0.2) is 4.79 Å². The van der Waals surface area contributed by atoms with Crippen LogP contribution in [0.15, 0.2) is 24.3 Å². The first-order valence-electron chi connectivity index (χ1n) is 7.07. The van der Waals surface area contributed by atoms with Crippen molar-refractivity contribution in [1.29, 1.82) is 0 Å². The summed E-state index contributed by atoms with van der Waals surface area (Å²) in [6, 6.07) is 6.92. The molecule has 2 rings (SSSR count). The van der Waals surface area contributed by atoms with Gasteiger partial charge in [-0.05, 0) is 18.6 Å². The van der Waals surface area contributed by atoms with Crippen LogP contribution in [-0.4, -0.2) is 53.8 Å². The Morgan fingerprint density at radius 3 is 2.86 bits per heavy atom. The normalized spacial score (nSPS) is 19.5. The second-order valence-electron chi connectivity index (χ2n) is 4.93. The Balaban J connectivity index is 2.05. The molecule has 2 atom stereocenters. The topological polar surface area (TPSA) is 76.1 Å². The predicted octanol–water partition coefficient (Wildman–Crippen LogP) is 1.81. The van der Waals surface area contributed by atoms with Crippen LogP contribution in [0.3, 0.4) is 0 Å². The van der Waals surface area contributed by atoms with Crippen molar-refractivity contribution in [3.05, 3.63) is 29.3 Å². The molecule has 0 unspecified atom stereocenters. The SMILES string of the molecule is CC[C@@H](Oc1ccccc1Cl)C(=O)N1CCO[C@@H](C(=O)O)C1. The molecule has 1 amide bonds. The van der Waals surface area contributed by atoms with E-state index in [2.05, 4.69) is 0 Å². The highest BCUT2D eigenvalue weighted by Crippen LogP contribution is 2.25. The number of nitrogens with zero attached hydrogens (tertiary/aromatic N) is 1. The maximum absolute atomic E-state index is 12.5. The average molecular weight is 328 g/mol. The minimum absolute atomic E-state index is 0.0244. The van der Waals surface area contributed by atoms with E-state index in [9.17, 15) is 9.59 Å². The number of ether oxygens (including phenoxy) is 2. The van der Waals surface area contributed by atoms with E-state index < -0.39 is 18.2 Å². The van der Waals surface area contributed by atoms with Gasteiger partial charge < -0.3 is 19.5 Å². The van der Waals surface area contributed by atoms with Crippen LogP contribution < -0.4 is 4.74 Å². The zero-order valence-electron chi connectivity index (χ0n) is 12.2. The van der Waals surface area contributed by atoms with E-state index in [0.29, 0.717) is 23.7 Å². The lowest BCUT2D eigenvalue weighted by Crippen LogP contribution is -2.52. The van der Waals surface area contributed by atoms with Crippen molar-refractivity contribution in [2.75, 3.05) is 19.7 Å². The van der Waals surface area contributed by atoms with E-state index in [1.807, 2.05) is 6.92 Å². The molecular formula is C15H18ClNO5. The highest BCUT2D eigenvalue weighted by atomic mass is 35.5. The van der Waals surface area contributed by atoms with Crippen LogP contribution in [0.4, 0.5) is 0 Å². The molecule has 1 aromatic rings. The Labute approximate surface area is 133 Å². The van der Waals surface area contributed by atoms with E-state index in [1.54, 1.807) is 24.3 Å². The summed E-state index contributed by atoms with van der Waals surface area (Å²) in [5.41, 5.74) is 0. The molecule has 1 saturated heterocycles. The van der Waals surface area contributed by atoms with E-state index in [1.165, 1.54) is 4.90 Å². The van der Waals surface area contributed by atoms with Crippen molar-refractivity contribution in [3.63, 3.8) is 0 Å². The summed E-state index contributed by atoms with van der Waals surface area (Å²) in [7, 11) is 0. The van der Waals surface area contributed by atoms with Gasteiger partial charge in [0.1, 0.15) is 5.75 Å². The zero-order valence-corrected chi connectivity index (χ0v) is 13.0. The minimum Gasteiger partial charge on any atom is -0.479 e. The fourth-order valence-electron chi connectivity index (χ4n) is 2.20. The van der Waals surface area contributed by atoms with Crippen molar-refractivity contribution in [3.8, 4) is 5.75 Å². The van der Waals surface area contributed by atoms with Crippen LogP contribution in [0.2, 0.25) is 5.02 Å². The second kappa shape index (κ2) is 7.47. The van der Waals surface area contributed by atoms with Gasteiger partial charge in [-0.1, -0.05) is 30.7 Å². The van der Waals surface area contributed by atoms with Gasteiger partial charge >= 0.3 is 5.97 Å². The Bertz CT molecular complexity index is 550. The molecule has 1 aliphatic heterocycles. The highest BCUT2D eigenvalue weighted by molar-refractivity contribution is 6.32. The number of amides is 1. The molecular weight excluding hydrogens is 310 g/mol. The maximum atomic E-state index is 12.5. The van der Waals surface area contributed by atoms with Crippen molar-refractivity contribution in [1.82, 2.24) is 4.90 Å². The van der Waals surface area contributed by atoms with E-state index in [-0.39, 0.29) is 19.1 Å². The van der Waals surface area contributed by atoms with Crippen molar-refractivity contribution >= 4 is 23.5 Å². The number of carboxylic acids is 1. The van der Waals surface area contributed by atoms with Crippen LogP contribution in [0.1, 0.15) is 13.3 Å². The van der Waals surface area contributed by atoms with Gasteiger partial charge in [0.15, 0.2) is 12.2 Å². The summed E-state index contributed by atoms with van der Waals surface area (Å²) in [4.78, 5) is 25.0. The zero-order chi connectivity index (χ0) is 16.1. The second-order valence-corrected chi connectivity index (χ2v) is 5.33. The van der Waals surface area contributed by atoms with Crippen LogP contribution in [0.25, 0.3) is 0 Å². The van der Waals surface area contributed by atoms with Gasteiger partial charge in [-0.15, -0.1) is 0 Å². The molecule has 1 fully saturated rings. The highest BCUT2D eigenvalue weighted by Gasteiger charge is 2.32. The first-order valence-corrected chi connectivity index (χ1v) is 7.45. The molecule has 0 aliphatic carbocycles. The van der Waals surface area contributed by atoms with Gasteiger partial charge in [0, 0.05) is 6.54 Å². The standard InChI is InChI=1S/C15H18ClNO5/c1-2-11(22-12-6-4-3-5-10(12)16)14(18)17-7-8-21-13(9-17)15(19)20/h3-6,11,13H,2,7-9H2,1H3,(H,19,20)/t11-,13-/m1/s1. The van der Waals surface area contributed by atoms with E-state index in [0.717, 1.165) is 0 Å². The Hall–Kier alpha value is -1.79. The number of carbonyl (C=O) groups excluding carboxylic acids is 1. The van der Waals surface area contributed by atoms with Crippen molar-refractivity contribution in [2.24, 2.45) is 0 Å². The monoisotopic (exact) mass is 327 g/mol. The molecule has 1 aliphatic rings. The van der Waals surface area contributed by atoms with E-state index >= 15 is 0 Å². The molecule has 6 nitrogen and oxygen atoms in total. The Kier molecular flexibility index (Phi) is 5.63. The Morgan fingerprint density at radius 1 is 1.50 bits per heavy atom. The molecule has 0 radical (unpaired) electrons. The Morgan fingerprint density at radius 2 is 2.23 bits per heavy atom. The number of aliphatic carboxylic acids is 1. The lowest BCUT2D eigenvalue weighted by molar-refractivity contribution is -0.161. The fraction of sp³-hybridized carbons (Fsp3) is 0.467. The van der Waals surface area contributed by atoms with Crippen molar-refractivity contribution in [2.45, 2.75) is 25.6 Å². The first-order chi connectivity index (χ1) is 10.5. The molecule has 120 valence electrons. The van der Waals surface area contributed by atoms with Crippen LogP contribution >= 0.6 is 11.6 Å². The third-order valence-corrected chi connectivity index (χ3v) is 3.72. The van der Waals surface area contributed by atoms with Gasteiger partial charge in [-0.2, -0.15) is 0 Å². The number of carbonyl (C=O) groups is 2. The van der Waals surface area contributed by atoms with Crippen LogP contribution in [-0.2, 0) is 14.3 Å². The van der Waals surface area contributed by atoms with Crippen molar-refractivity contribution < 1.29 is 24.2 Å². The molecule has 1 N–H and O–H groups in total. The quantitative estimate of drug-likeness (QED) is 0.892. The molecule has 1 aromatic carbocycles. The van der Waals surface area contributed by atoms with Gasteiger partial charge in [0.2, 0.25) is 0 Å². The fourth-order valence-corrected chi connectivity index (χ4v) is 2.38. The lowest BCUT2D eigenvalue weighted by atomic mass is 10.2. The van der Waals surface area contributed by atoms with Crippen LogP contribution in [0, 0.1) is 0 Å². The molecule has 0 bridgehead atoms. The number of hydrogen-bond acceptors (Lipinski definition) is 4. The third kappa shape index (κ3) is 3.90. The lowest BCUT2D eigenvalue weighted by Gasteiger charge is -2.33. The summed E-state index contributed by atoms with van der Waals surface area (Å²) >= 11 is 6.03. The molecule has 7 heteroatoms. The third-order valence-electron chi connectivity index (χ3n) is 3.41. The summed E-state index contributed by atoms with van der Waals surface area (Å²) < 4.78 is 10.8. The summed E-state index contributed by atoms with van der Waals surface area (Å²) in [6.07, 6.45) is -1.23. The number of para-hydroxylation sites is 1. The summed E-state index contributed by atoms with van der Waals surface area (Å²) in [6.45, 7) is 2.40. The number of halogens is 1. The van der Waals surface area contributed by atoms with Gasteiger partial charge in [0.25, 0.3) is 5.91 Å². The largest absolute Gasteiger partial charge is 0.479 e. The number of carboxylic acid groups (broad SMARTS) is 1. The minimum atomic E-state index is -1.07. The molecule has 22 heavy (non-hydrogen) atoms. The molecule has 0 aromatic heterocycles. The van der Waals surface area contributed by atoms with Gasteiger partial charge in [0.05, 0.1) is 18.2 Å². The number of rotatable bonds is 5. The molecule has 0 saturated carbocycles. The molecule has 1 heterocycles. The molecule has 0 spiro atoms. The number of morpholine rings is 1. The number of benzene rings is 1.